The predicted octanol–water partition coefficient (Wildman–Crippen LogP) is 3.83. The lowest BCUT2D eigenvalue weighted by Crippen LogP contribution is -2.29. The number of halogens is 1. The van der Waals surface area contributed by atoms with Gasteiger partial charge in [0.2, 0.25) is 10.0 Å². The van der Waals surface area contributed by atoms with Crippen molar-refractivity contribution >= 4 is 33.2 Å². The zero-order valence-electron chi connectivity index (χ0n) is 14.5. The largest absolute Gasteiger partial charge is 0.322 e. The van der Waals surface area contributed by atoms with Gasteiger partial charge in [-0.1, -0.05) is 29.8 Å². The highest BCUT2D eigenvalue weighted by molar-refractivity contribution is 7.88. The summed E-state index contributed by atoms with van der Waals surface area (Å²) in [5.41, 5.74) is 2.60. The number of anilines is 1. The molecule has 0 bridgehead atoms. The van der Waals surface area contributed by atoms with E-state index in [1.54, 1.807) is 42.5 Å². The molecule has 1 amide bonds. The van der Waals surface area contributed by atoms with Crippen LogP contribution in [0.1, 0.15) is 34.3 Å². The third kappa shape index (κ3) is 4.26. The van der Waals surface area contributed by atoms with Crippen LogP contribution in [0.3, 0.4) is 0 Å². The third-order valence-corrected chi connectivity index (χ3v) is 6.80. The molecule has 1 fully saturated rings. The monoisotopic (exact) mass is 392 g/mol. The molecule has 0 unspecified atom stereocenters. The van der Waals surface area contributed by atoms with E-state index >= 15 is 0 Å². The van der Waals surface area contributed by atoms with E-state index in [2.05, 4.69) is 5.32 Å². The number of hydrogen-bond acceptors (Lipinski definition) is 3. The molecule has 2 aromatic carbocycles. The topological polar surface area (TPSA) is 66.5 Å². The van der Waals surface area contributed by atoms with Gasteiger partial charge in [-0.05, 0) is 55.2 Å². The smallest absolute Gasteiger partial charge is 0.255 e. The van der Waals surface area contributed by atoms with E-state index in [-0.39, 0.29) is 11.7 Å². The first kappa shape index (κ1) is 18.9. The van der Waals surface area contributed by atoms with Gasteiger partial charge in [-0.2, -0.15) is 0 Å². The van der Waals surface area contributed by atoms with Gasteiger partial charge >= 0.3 is 0 Å². The maximum Gasteiger partial charge on any atom is 0.255 e. The minimum absolute atomic E-state index is 0.0394. The Labute approximate surface area is 159 Å². The van der Waals surface area contributed by atoms with Crippen molar-refractivity contribution in [3.05, 3.63) is 64.2 Å². The fourth-order valence-electron chi connectivity index (χ4n) is 2.96. The summed E-state index contributed by atoms with van der Waals surface area (Å²) >= 11 is 6.07. The number of benzene rings is 2. The first-order valence-corrected chi connectivity index (χ1v) is 10.5. The minimum Gasteiger partial charge on any atom is -0.322 e. The third-order valence-electron chi connectivity index (χ3n) is 4.54. The maximum absolute atomic E-state index is 12.4. The van der Waals surface area contributed by atoms with Gasteiger partial charge in [0, 0.05) is 29.4 Å². The molecular weight excluding hydrogens is 372 g/mol. The molecule has 138 valence electrons. The maximum atomic E-state index is 12.4. The Balaban J connectivity index is 1.69. The van der Waals surface area contributed by atoms with Gasteiger partial charge < -0.3 is 5.32 Å². The lowest BCUT2D eigenvalue weighted by Gasteiger charge is -2.15. The fourth-order valence-corrected chi connectivity index (χ4v) is 4.74. The lowest BCUT2D eigenvalue weighted by atomic mass is 10.1. The van der Waals surface area contributed by atoms with Crippen LogP contribution in [0.15, 0.2) is 42.5 Å². The number of carbonyl (C=O) groups is 1. The van der Waals surface area contributed by atoms with Crippen molar-refractivity contribution in [3.63, 3.8) is 0 Å². The molecule has 0 atom stereocenters. The molecule has 0 spiro atoms. The molecule has 5 nitrogen and oxygen atoms in total. The molecule has 0 radical (unpaired) electrons. The van der Waals surface area contributed by atoms with Gasteiger partial charge in [-0.25, -0.2) is 12.7 Å². The van der Waals surface area contributed by atoms with E-state index < -0.39 is 10.0 Å². The van der Waals surface area contributed by atoms with Crippen LogP contribution in [0, 0.1) is 6.92 Å². The zero-order valence-corrected chi connectivity index (χ0v) is 16.1. The first-order chi connectivity index (χ1) is 12.4. The predicted molar refractivity (Wildman–Crippen MR) is 104 cm³/mol. The highest BCUT2D eigenvalue weighted by Crippen LogP contribution is 2.23. The van der Waals surface area contributed by atoms with Crippen molar-refractivity contribution in [2.75, 3.05) is 18.4 Å². The number of rotatable bonds is 5. The Kier molecular flexibility index (Phi) is 5.65. The van der Waals surface area contributed by atoms with Crippen LogP contribution in [0.4, 0.5) is 5.69 Å². The summed E-state index contributed by atoms with van der Waals surface area (Å²) in [4.78, 5) is 12.4. The Morgan fingerprint density at radius 1 is 1.12 bits per heavy atom. The van der Waals surface area contributed by atoms with Crippen LogP contribution < -0.4 is 5.32 Å². The Morgan fingerprint density at radius 3 is 2.42 bits per heavy atom. The summed E-state index contributed by atoms with van der Waals surface area (Å²) in [5, 5.41) is 3.42. The van der Waals surface area contributed by atoms with Gasteiger partial charge in [-0.3, -0.25) is 4.79 Å². The molecule has 0 aromatic heterocycles. The van der Waals surface area contributed by atoms with Crippen LogP contribution in [0.2, 0.25) is 5.02 Å². The van der Waals surface area contributed by atoms with Crippen molar-refractivity contribution in [1.82, 2.24) is 4.31 Å². The van der Waals surface area contributed by atoms with Gasteiger partial charge in [0.25, 0.3) is 5.91 Å². The summed E-state index contributed by atoms with van der Waals surface area (Å²) in [5.74, 6) is -0.299. The molecule has 1 aliphatic heterocycles. The summed E-state index contributed by atoms with van der Waals surface area (Å²) in [7, 11) is -3.29. The quantitative estimate of drug-likeness (QED) is 0.840. The molecule has 0 aliphatic carbocycles. The minimum atomic E-state index is -3.29. The number of amides is 1. The van der Waals surface area contributed by atoms with Crippen molar-refractivity contribution < 1.29 is 13.2 Å². The molecule has 0 saturated carbocycles. The lowest BCUT2D eigenvalue weighted by molar-refractivity contribution is 0.102. The van der Waals surface area contributed by atoms with E-state index in [0.29, 0.717) is 34.9 Å². The van der Waals surface area contributed by atoms with Gasteiger partial charge in [0.15, 0.2) is 0 Å². The SMILES string of the molecule is Cc1c(Cl)cccc1NC(=O)c1ccc(CS(=O)(=O)N2CCCC2)cc1. The Bertz CT molecular complexity index is 905. The van der Waals surface area contributed by atoms with Crippen LogP contribution in [-0.4, -0.2) is 31.7 Å². The van der Waals surface area contributed by atoms with Gasteiger partial charge in [-0.15, -0.1) is 0 Å². The van der Waals surface area contributed by atoms with Crippen LogP contribution in [0.25, 0.3) is 0 Å². The molecule has 7 heteroatoms. The second-order valence-corrected chi connectivity index (χ2v) is 8.80. The van der Waals surface area contributed by atoms with Crippen molar-refractivity contribution in [2.24, 2.45) is 0 Å². The van der Waals surface area contributed by atoms with Gasteiger partial charge in [0.05, 0.1) is 5.75 Å². The molecule has 1 aliphatic rings. The Morgan fingerprint density at radius 2 is 1.77 bits per heavy atom. The number of nitrogens with zero attached hydrogens (tertiary/aromatic N) is 1. The molecule has 2 aromatic rings. The van der Waals surface area contributed by atoms with Crippen molar-refractivity contribution in [3.8, 4) is 0 Å². The molecule has 26 heavy (non-hydrogen) atoms. The number of sulfonamides is 1. The van der Waals surface area contributed by atoms with E-state index in [4.69, 9.17) is 11.6 Å². The second kappa shape index (κ2) is 7.78. The number of hydrogen-bond donors (Lipinski definition) is 1. The van der Waals surface area contributed by atoms with Gasteiger partial charge in [0.1, 0.15) is 0 Å². The highest BCUT2D eigenvalue weighted by Gasteiger charge is 2.25. The summed E-state index contributed by atoms with van der Waals surface area (Å²) in [6, 6.07) is 12.0. The van der Waals surface area contributed by atoms with Crippen LogP contribution in [0.5, 0.6) is 0 Å². The van der Waals surface area contributed by atoms with Crippen LogP contribution in [-0.2, 0) is 15.8 Å². The molecule has 3 rings (SSSR count). The molecule has 1 saturated heterocycles. The summed E-state index contributed by atoms with van der Waals surface area (Å²) in [6.07, 6.45) is 1.84. The summed E-state index contributed by atoms with van der Waals surface area (Å²) < 4.78 is 26.3. The highest BCUT2D eigenvalue weighted by atomic mass is 35.5. The zero-order chi connectivity index (χ0) is 18.7. The normalized spacial score (nSPS) is 15.2. The number of nitrogens with one attached hydrogen (secondary N) is 1. The van der Waals surface area contributed by atoms with E-state index in [1.807, 2.05) is 6.92 Å². The summed E-state index contributed by atoms with van der Waals surface area (Å²) in [6.45, 7) is 3.04. The second-order valence-electron chi connectivity index (χ2n) is 6.43. The molecule has 1 heterocycles. The number of carbonyl (C=O) groups excluding carboxylic acids is 1. The fraction of sp³-hybridized carbons (Fsp3) is 0.316. The van der Waals surface area contributed by atoms with Crippen molar-refractivity contribution in [2.45, 2.75) is 25.5 Å². The standard InChI is InChI=1S/C19H21ClN2O3S/c1-14-17(20)5-4-6-18(14)21-19(23)16-9-7-15(8-10-16)13-26(24,25)22-11-2-3-12-22/h4-10H,2-3,11-13H2,1H3,(H,21,23). The Hall–Kier alpha value is -1.89. The average molecular weight is 393 g/mol. The molecule has 1 N–H and O–H groups in total. The molecular formula is C19H21ClN2O3S. The average Bonchev–Trinajstić information content (AvgIpc) is 3.15. The van der Waals surface area contributed by atoms with E-state index in [0.717, 1.165) is 18.4 Å². The van der Waals surface area contributed by atoms with Crippen molar-refractivity contribution in [1.29, 1.82) is 0 Å². The van der Waals surface area contributed by atoms with E-state index in [9.17, 15) is 13.2 Å². The first-order valence-electron chi connectivity index (χ1n) is 8.50. The van der Waals surface area contributed by atoms with Crippen LogP contribution >= 0.6 is 11.6 Å². The van der Waals surface area contributed by atoms with E-state index in [1.165, 1.54) is 4.31 Å².